The van der Waals surface area contributed by atoms with Crippen molar-refractivity contribution in [1.29, 1.82) is 0 Å². The molecule has 0 aliphatic carbocycles. The quantitative estimate of drug-likeness (QED) is 0.789. The molecule has 0 atom stereocenters. The van der Waals surface area contributed by atoms with E-state index in [1.165, 1.54) is 0 Å². The van der Waals surface area contributed by atoms with Crippen molar-refractivity contribution in [3.63, 3.8) is 0 Å². The smallest absolute Gasteiger partial charge is 0.147 e. The molecule has 0 amide bonds. The predicted octanol–water partition coefficient (Wildman–Crippen LogP) is 0.795. The Morgan fingerprint density at radius 3 is 2.47 bits per heavy atom. The molecule has 17 heavy (non-hydrogen) atoms. The number of ketones is 1. The average Bonchev–Trinajstić information content (AvgIpc) is 2.33. The lowest BCUT2D eigenvalue weighted by Crippen LogP contribution is -2.42. The van der Waals surface area contributed by atoms with Gasteiger partial charge in [0.25, 0.3) is 0 Å². The molecule has 2 rings (SSSR count). The fourth-order valence-electron chi connectivity index (χ4n) is 2.70. The third-order valence-electron chi connectivity index (χ3n) is 3.89. The summed E-state index contributed by atoms with van der Waals surface area (Å²) in [7, 11) is 0. The number of piperidine rings is 1. The van der Waals surface area contributed by atoms with Crippen LogP contribution in [0.1, 0.15) is 32.1 Å². The highest BCUT2D eigenvalue weighted by Crippen LogP contribution is 2.19. The van der Waals surface area contributed by atoms with Crippen LogP contribution in [-0.2, 0) is 9.53 Å². The molecular formula is C13H24N2O2. The van der Waals surface area contributed by atoms with Crippen LogP contribution in [0.4, 0.5) is 0 Å². The summed E-state index contributed by atoms with van der Waals surface area (Å²) < 4.78 is 5.31. The van der Waals surface area contributed by atoms with Gasteiger partial charge >= 0.3 is 0 Å². The van der Waals surface area contributed by atoms with E-state index in [4.69, 9.17) is 10.5 Å². The van der Waals surface area contributed by atoms with Crippen LogP contribution in [0.5, 0.6) is 0 Å². The zero-order chi connectivity index (χ0) is 12.1. The maximum Gasteiger partial charge on any atom is 0.147 e. The number of ether oxygens (including phenoxy) is 1. The number of carbonyl (C=O) groups excluding carboxylic acids is 1. The van der Waals surface area contributed by atoms with Crippen molar-refractivity contribution in [3.05, 3.63) is 0 Å². The fourth-order valence-corrected chi connectivity index (χ4v) is 2.70. The molecule has 2 fully saturated rings. The van der Waals surface area contributed by atoms with Gasteiger partial charge in [0, 0.05) is 38.8 Å². The molecule has 98 valence electrons. The number of likely N-dealkylation sites (tertiary alicyclic amines) is 1. The van der Waals surface area contributed by atoms with E-state index in [0.29, 0.717) is 24.3 Å². The van der Waals surface area contributed by atoms with Crippen molar-refractivity contribution in [3.8, 4) is 0 Å². The van der Waals surface area contributed by atoms with Gasteiger partial charge in [0.15, 0.2) is 0 Å². The van der Waals surface area contributed by atoms with E-state index in [2.05, 4.69) is 4.90 Å². The summed E-state index contributed by atoms with van der Waals surface area (Å²) >= 11 is 0. The van der Waals surface area contributed by atoms with Crippen LogP contribution in [0.3, 0.4) is 0 Å². The van der Waals surface area contributed by atoms with Gasteiger partial charge in [-0.15, -0.1) is 0 Å². The van der Waals surface area contributed by atoms with Gasteiger partial charge in [0.1, 0.15) is 5.78 Å². The molecular weight excluding hydrogens is 216 g/mol. The van der Waals surface area contributed by atoms with Crippen LogP contribution >= 0.6 is 0 Å². The van der Waals surface area contributed by atoms with E-state index < -0.39 is 0 Å². The van der Waals surface area contributed by atoms with Crippen LogP contribution in [0.25, 0.3) is 0 Å². The van der Waals surface area contributed by atoms with Gasteiger partial charge in [-0.05, 0) is 31.6 Å². The second-order valence-corrected chi connectivity index (χ2v) is 5.41. The molecule has 2 heterocycles. The molecule has 2 saturated heterocycles. The summed E-state index contributed by atoms with van der Waals surface area (Å²) in [5.41, 5.74) is 5.85. The van der Waals surface area contributed by atoms with Crippen LogP contribution in [0.2, 0.25) is 0 Å². The molecule has 2 aliphatic heterocycles. The van der Waals surface area contributed by atoms with Crippen LogP contribution in [0.15, 0.2) is 0 Å². The maximum atomic E-state index is 11.9. The van der Waals surface area contributed by atoms with E-state index in [9.17, 15) is 4.79 Å². The van der Waals surface area contributed by atoms with Crippen molar-refractivity contribution in [1.82, 2.24) is 4.90 Å². The number of nitrogens with zero attached hydrogens (tertiary/aromatic N) is 1. The first-order chi connectivity index (χ1) is 8.24. The molecule has 2 aliphatic rings. The number of Topliss-reactive ketones (excluding diaryl/α,β-unsaturated/α-hetero) is 1. The maximum absolute atomic E-state index is 11.9. The SMILES string of the molecule is NC1CCN(CC(=O)CC2CCOCC2)CC1. The summed E-state index contributed by atoms with van der Waals surface area (Å²) in [6.07, 6.45) is 4.91. The summed E-state index contributed by atoms with van der Waals surface area (Å²) in [4.78, 5) is 14.2. The Kier molecular flexibility index (Phi) is 4.95. The zero-order valence-corrected chi connectivity index (χ0v) is 10.6. The van der Waals surface area contributed by atoms with Crippen molar-refractivity contribution >= 4 is 5.78 Å². The molecule has 0 saturated carbocycles. The first kappa shape index (κ1) is 13.0. The number of hydrogen-bond acceptors (Lipinski definition) is 4. The normalized spacial score (nSPS) is 25.0. The van der Waals surface area contributed by atoms with Crippen molar-refractivity contribution in [2.24, 2.45) is 11.7 Å². The first-order valence-corrected chi connectivity index (χ1v) is 6.81. The largest absolute Gasteiger partial charge is 0.381 e. The topological polar surface area (TPSA) is 55.6 Å². The fraction of sp³-hybridized carbons (Fsp3) is 0.923. The van der Waals surface area contributed by atoms with E-state index in [-0.39, 0.29) is 0 Å². The Morgan fingerprint density at radius 1 is 1.18 bits per heavy atom. The Hall–Kier alpha value is -0.450. The molecule has 4 nitrogen and oxygen atoms in total. The lowest BCUT2D eigenvalue weighted by molar-refractivity contribution is -0.122. The van der Waals surface area contributed by atoms with Crippen molar-refractivity contribution in [2.75, 3.05) is 32.8 Å². The highest BCUT2D eigenvalue weighted by atomic mass is 16.5. The number of carbonyl (C=O) groups is 1. The summed E-state index contributed by atoms with van der Waals surface area (Å²) in [5, 5.41) is 0. The van der Waals surface area contributed by atoms with E-state index in [0.717, 1.165) is 58.4 Å². The molecule has 4 heteroatoms. The third-order valence-corrected chi connectivity index (χ3v) is 3.89. The second-order valence-electron chi connectivity index (χ2n) is 5.41. The molecule has 0 bridgehead atoms. The molecule has 0 spiro atoms. The molecule has 2 N–H and O–H groups in total. The minimum Gasteiger partial charge on any atom is -0.381 e. The van der Waals surface area contributed by atoms with Crippen molar-refractivity contribution in [2.45, 2.75) is 38.1 Å². The van der Waals surface area contributed by atoms with Gasteiger partial charge in [-0.1, -0.05) is 0 Å². The number of nitrogens with two attached hydrogens (primary N) is 1. The Balaban J connectivity index is 1.66. The minimum atomic E-state index is 0.344. The Bertz CT molecular complexity index is 244. The Labute approximate surface area is 103 Å². The molecule has 0 aromatic rings. The summed E-state index contributed by atoms with van der Waals surface area (Å²) in [6.45, 7) is 4.26. The number of rotatable bonds is 4. The Morgan fingerprint density at radius 2 is 1.82 bits per heavy atom. The molecule has 0 aromatic carbocycles. The number of hydrogen-bond donors (Lipinski definition) is 1. The summed E-state index contributed by atoms with van der Waals surface area (Å²) in [6, 6.07) is 0.344. The standard InChI is InChI=1S/C13H24N2O2/c14-12-1-5-15(6-2-12)10-13(16)9-11-3-7-17-8-4-11/h11-12H,1-10,14H2. The molecule has 0 unspecified atom stereocenters. The van der Waals surface area contributed by atoms with E-state index in [1.807, 2.05) is 0 Å². The zero-order valence-electron chi connectivity index (χ0n) is 10.6. The van der Waals surface area contributed by atoms with Crippen LogP contribution in [0, 0.1) is 5.92 Å². The van der Waals surface area contributed by atoms with Gasteiger partial charge in [0.2, 0.25) is 0 Å². The lowest BCUT2D eigenvalue weighted by Gasteiger charge is -2.30. The highest BCUT2D eigenvalue weighted by Gasteiger charge is 2.21. The van der Waals surface area contributed by atoms with E-state index in [1.54, 1.807) is 0 Å². The van der Waals surface area contributed by atoms with Gasteiger partial charge in [-0.3, -0.25) is 9.69 Å². The van der Waals surface area contributed by atoms with E-state index >= 15 is 0 Å². The summed E-state index contributed by atoms with van der Waals surface area (Å²) in [5.74, 6) is 0.954. The van der Waals surface area contributed by atoms with Crippen molar-refractivity contribution < 1.29 is 9.53 Å². The third kappa shape index (κ3) is 4.37. The molecule has 0 radical (unpaired) electrons. The van der Waals surface area contributed by atoms with Gasteiger partial charge in [-0.25, -0.2) is 0 Å². The van der Waals surface area contributed by atoms with Gasteiger partial charge in [-0.2, -0.15) is 0 Å². The minimum absolute atomic E-state index is 0.344. The predicted molar refractivity (Wildman–Crippen MR) is 66.8 cm³/mol. The average molecular weight is 240 g/mol. The van der Waals surface area contributed by atoms with Gasteiger partial charge in [0.05, 0.1) is 6.54 Å². The molecule has 0 aromatic heterocycles. The van der Waals surface area contributed by atoms with Crippen LogP contribution in [-0.4, -0.2) is 49.6 Å². The monoisotopic (exact) mass is 240 g/mol. The van der Waals surface area contributed by atoms with Crippen LogP contribution < -0.4 is 5.73 Å². The van der Waals surface area contributed by atoms with Gasteiger partial charge < -0.3 is 10.5 Å². The second kappa shape index (κ2) is 6.47. The highest BCUT2D eigenvalue weighted by molar-refractivity contribution is 5.80. The lowest BCUT2D eigenvalue weighted by atomic mass is 9.94. The first-order valence-electron chi connectivity index (χ1n) is 6.81.